The van der Waals surface area contributed by atoms with Gasteiger partial charge in [0.25, 0.3) is 0 Å². The molecule has 1 heterocycles. The van der Waals surface area contributed by atoms with Crippen LogP contribution >= 0.6 is 0 Å². The van der Waals surface area contributed by atoms with E-state index < -0.39 is 0 Å². The van der Waals surface area contributed by atoms with Gasteiger partial charge in [-0.15, -0.1) is 0 Å². The van der Waals surface area contributed by atoms with Crippen LogP contribution in [-0.2, 0) is 6.42 Å². The highest BCUT2D eigenvalue weighted by Crippen LogP contribution is 2.30. The van der Waals surface area contributed by atoms with Crippen molar-refractivity contribution in [2.75, 3.05) is 5.32 Å². The molecule has 0 bridgehead atoms. The lowest BCUT2D eigenvalue weighted by Crippen LogP contribution is -2.03. The lowest BCUT2D eigenvalue weighted by Gasteiger charge is -2.13. The molecule has 3 rings (SSSR count). The Hall–Kier alpha value is -2.10. The summed E-state index contributed by atoms with van der Waals surface area (Å²) in [5.74, 6) is 2.95. The SMILES string of the molecule is Cc1[nH]c(C(C)C)nc1Nc1ccc(C=O)c(CC2CCCC2)c1. The molecule has 1 saturated carbocycles. The fraction of sp³-hybridized carbons (Fsp3) is 0.500. The van der Waals surface area contributed by atoms with Gasteiger partial charge < -0.3 is 10.3 Å². The molecule has 0 amide bonds. The van der Waals surface area contributed by atoms with Gasteiger partial charge in [0.05, 0.1) is 5.69 Å². The van der Waals surface area contributed by atoms with Gasteiger partial charge in [0.15, 0.2) is 5.82 Å². The Morgan fingerprint density at radius 1 is 1.33 bits per heavy atom. The van der Waals surface area contributed by atoms with E-state index in [2.05, 4.69) is 35.2 Å². The van der Waals surface area contributed by atoms with Crippen LogP contribution in [0.25, 0.3) is 0 Å². The Bertz CT molecular complexity index is 712. The van der Waals surface area contributed by atoms with Gasteiger partial charge in [0, 0.05) is 17.2 Å². The minimum absolute atomic E-state index is 0.370. The van der Waals surface area contributed by atoms with E-state index in [4.69, 9.17) is 0 Å². The average molecular weight is 325 g/mol. The van der Waals surface area contributed by atoms with Crippen molar-refractivity contribution in [1.29, 1.82) is 0 Å². The summed E-state index contributed by atoms with van der Waals surface area (Å²) in [6.45, 7) is 6.28. The summed E-state index contributed by atoms with van der Waals surface area (Å²) in [6, 6.07) is 6.00. The first-order valence-electron chi connectivity index (χ1n) is 8.98. The second-order valence-corrected chi connectivity index (χ2v) is 7.26. The van der Waals surface area contributed by atoms with E-state index in [0.29, 0.717) is 5.92 Å². The van der Waals surface area contributed by atoms with Gasteiger partial charge in [0.2, 0.25) is 0 Å². The van der Waals surface area contributed by atoms with E-state index in [-0.39, 0.29) is 0 Å². The molecule has 0 atom stereocenters. The van der Waals surface area contributed by atoms with Crippen LogP contribution in [0.2, 0.25) is 0 Å². The molecule has 1 aliphatic rings. The van der Waals surface area contributed by atoms with Gasteiger partial charge in [-0.25, -0.2) is 4.98 Å². The second kappa shape index (κ2) is 7.20. The summed E-state index contributed by atoms with van der Waals surface area (Å²) in [4.78, 5) is 19.3. The molecule has 0 spiro atoms. The van der Waals surface area contributed by atoms with Crippen molar-refractivity contribution < 1.29 is 4.79 Å². The number of aryl methyl sites for hydroxylation is 1. The molecule has 0 aliphatic heterocycles. The molecule has 4 nitrogen and oxygen atoms in total. The zero-order valence-electron chi connectivity index (χ0n) is 14.9. The molecule has 1 fully saturated rings. The van der Waals surface area contributed by atoms with Crippen molar-refractivity contribution >= 4 is 17.8 Å². The molecule has 1 aromatic carbocycles. The third-order valence-electron chi connectivity index (χ3n) is 4.97. The first kappa shape index (κ1) is 16.7. The highest BCUT2D eigenvalue weighted by Gasteiger charge is 2.17. The second-order valence-electron chi connectivity index (χ2n) is 7.26. The number of nitrogens with one attached hydrogen (secondary N) is 2. The summed E-state index contributed by atoms with van der Waals surface area (Å²) in [7, 11) is 0. The number of benzene rings is 1. The third-order valence-corrected chi connectivity index (χ3v) is 4.97. The number of hydrogen-bond acceptors (Lipinski definition) is 3. The Morgan fingerprint density at radius 2 is 2.08 bits per heavy atom. The van der Waals surface area contributed by atoms with Gasteiger partial charge in [0.1, 0.15) is 12.1 Å². The van der Waals surface area contributed by atoms with Gasteiger partial charge in [-0.05, 0) is 43.0 Å². The van der Waals surface area contributed by atoms with Crippen molar-refractivity contribution in [3.8, 4) is 0 Å². The Labute approximate surface area is 144 Å². The van der Waals surface area contributed by atoms with Crippen molar-refractivity contribution in [1.82, 2.24) is 9.97 Å². The summed E-state index contributed by atoms with van der Waals surface area (Å²) in [5.41, 5.74) is 4.00. The standard InChI is InChI=1S/C20H27N3O/c1-13(2)19-21-14(3)20(23-19)22-18-9-8-16(12-24)17(11-18)10-15-6-4-5-7-15/h8-9,11-13,15,22H,4-7,10H2,1-3H3,(H,21,23). The van der Waals surface area contributed by atoms with E-state index in [1.807, 2.05) is 19.1 Å². The smallest absolute Gasteiger partial charge is 0.151 e. The number of rotatable bonds is 6. The molecule has 0 radical (unpaired) electrons. The molecule has 128 valence electrons. The molecule has 0 saturated heterocycles. The fourth-order valence-electron chi connectivity index (χ4n) is 3.52. The summed E-state index contributed by atoms with van der Waals surface area (Å²) in [6.07, 6.45) is 7.19. The molecular weight excluding hydrogens is 298 g/mol. The Balaban J connectivity index is 1.81. The molecular formula is C20H27N3O. The molecule has 24 heavy (non-hydrogen) atoms. The van der Waals surface area contributed by atoms with E-state index >= 15 is 0 Å². The highest BCUT2D eigenvalue weighted by atomic mass is 16.1. The fourth-order valence-corrected chi connectivity index (χ4v) is 3.52. The first-order chi connectivity index (χ1) is 11.6. The monoisotopic (exact) mass is 325 g/mol. The number of H-pyrrole nitrogens is 1. The predicted molar refractivity (Wildman–Crippen MR) is 98.2 cm³/mol. The van der Waals surface area contributed by atoms with Crippen LogP contribution in [-0.4, -0.2) is 16.3 Å². The van der Waals surface area contributed by atoms with Crippen LogP contribution in [0.1, 0.15) is 72.9 Å². The maximum atomic E-state index is 11.4. The number of aldehydes is 1. The van der Waals surface area contributed by atoms with E-state index in [1.54, 1.807) is 0 Å². The van der Waals surface area contributed by atoms with Gasteiger partial charge in [-0.1, -0.05) is 39.5 Å². The number of carbonyl (C=O) groups excluding carboxylic acids is 1. The van der Waals surface area contributed by atoms with E-state index in [9.17, 15) is 4.79 Å². The number of carbonyl (C=O) groups is 1. The van der Waals surface area contributed by atoms with E-state index in [1.165, 1.54) is 25.7 Å². The van der Waals surface area contributed by atoms with Crippen molar-refractivity contribution in [3.63, 3.8) is 0 Å². The molecule has 0 unspecified atom stereocenters. The number of imidazole rings is 1. The lowest BCUT2D eigenvalue weighted by molar-refractivity contribution is 0.112. The minimum atomic E-state index is 0.370. The quantitative estimate of drug-likeness (QED) is 0.724. The normalized spacial score (nSPS) is 15.2. The zero-order chi connectivity index (χ0) is 17.1. The third kappa shape index (κ3) is 3.69. The Kier molecular flexibility index (Phi) is 5.03. The van der Waals surface area contributed by atoms with Gasteiger partial charge in [-0.3, -0.25) is 4.79 Å². The lowest BCUT2D eigenvalue weighted by atomic mass is 9.94. The maximum absolute atomic E-state index is 11.4. The first-order valence-corrected chi connectivity index (χ1v) is 8.98. The molecule has 2 N–H and O–H groups in total. The molecule has 1 aromatic heterocycles. The predicted octanol–water partition coefficient (Wildman–Crippen LogP) is 5.13. The highest BCUT2D eigenvalue weighted by molar-refractivity contribution is 5.79. The number of aromatic amines is 1. The summed E-state index contributed by atoms with van der Waals surface area (Å²) in [5, 5.41) is 3.41. The number of hydrogen-bond donors (Lipinski definition) is 2. The van der Waals surface area contributed by atoms with Crippen LogP contribution in [0.3, 0.4) is 0 Å². The van der Waals surface area contributed by atoms with Crippen LogP contribution in [0.4, 0.5) is 11.5 Å². The van der Waals surface area contributed by atoms with Gasteiger partial charge >= 0.3 is 0 Å². The largest absolute Gasteiger partial charge is 0.344 e. The molecule has 4 heteroatoms. The van der Waals surface area contributed by atoms with Crippen molar-refractivity contribution in [3.05, 3.63) is 40.8 Å². The van der Waals surface area contributed by atoms with Crippen LogP contribution in [0, 0.1) is 12.8 Å². The summed E-state index contributed by atoms with van der Waals surface area (Å²) >= 11 is 0. The van der Waals surface area contributed by atoms with Gasteiger partial charge in [-0.2, -0.15) is 0 Å². The average Bonchev–Trinajstić information content (AvgIpc) is 3.18. The van der Waals surface area contributed by atoms with Crippen LogP contribution in [0.15, 0.2) is 18.2 Å². The van der Waals surface area contributed by atoms with Crippen LogP contribution in [0.5, 0.6) is 0 Å². The minimum Gasteiger partial charge on any atom is -0.344 e. The van der Waals surface area contributed by atoms with Crippen molar-refractivity contribution in [2.24, 2.45) is 5.92 Å². The number of aromatic nitrogens is 2. The van der Waals surface area contributed by atoms with Crippen molar-refractivity contribution in [2.45, 2.75) is 58.8 Å². The molecule has 2 aromatic rings. The summed E-state index contributed by atoms with van der Waals surface area (Å²) < 4.78 is 0. The topological polar surface area (TPSA) is 57.8 Å². The Morgan fingerprint density at radius 3 is 2.71 bits per heavy atom. The molecule has 1 aliphatic carbocycles. The number of nitrogens with zero attached hydrogens (tertiary/aromatic N) is 1. The number of anilines is 2. The zero-order valence-corrected chi connectivity index (χ0v) is 14.9. The van der Waals surface area contributed by atoms with E-state index in [0.717, 1.165) is 52.8 Å². The maximum Gasteiger partial charge on any atom is 0.151 e. The van der Waals surface area contributed by atoms with Crippen LogP contribution < -0.4 is 5.32 Å².